The predicted octanol–water partition coefficient (Wildman–Crippen LogP) is 4.96. The summed E-state index contributed by atoms with van der Waals surface area (Å²) in [7, 11) is 0. The van der Waals surface area contributed by atoms with Gasteiger partial charge in [-0.3, -0.25) is 14.5 Å². The molecular weight excluding hydrogens is 397 g/mol. The zero-order chi connectivity index (χ0) is 18.3. The molecule has 5 nitrogen and oxygen atoms in total. The Labute approximate surface area is 163 Å². The number of hydrogen-bond donors (Lipinski definition) is 0. The van der Waals surface area contributed by atoms with Crippen LogP contribution in [0.4, 0.5) is 4.79 Å². The van der Waals surface area contributed by atoms with Gasteiger partial charge in [0, 0.05) is 16.1 Å². The van der Waals surface area contributed by atoms with Gasteiger partial charge in [0.2, 0.25) is 6.79 Å². The number of rotatable bonds is 3. The molecule has 0 bridgehead atoms. The summed E-state index contributed by atoms with van der Waals surface area (Å²) in [5.74, 6) is 0.711. The summed E-state index contributed by atoms with van der Waals surface area (Å²) < 4.78 is 10.6. The Hall–Kier alpha value is -2.15. The number of nitrogens with zero attached hydrogens (tertiary/aromatic N) is 1. The first-order valence-corrected chi connectivity index (χ1v) is 9.18. The highest BCUT2D eigenvalue weighted by atomic mass is 35.5. The summed E-state index contributed by atoms with van der Waals surface area (Å²) in [6.07, 6.45) is 1.62. The number of carbonyl (C=O) groups excluding carboxylic acids is 2. The SMILES string of the molecule is O=C1S/C(=C/c2ccccc2Cl)C(=O)N1Cc1cc2c(cc1Cl)OCO2. The highest BCUT2D eigenvalue weighted by molar-refractivity contribution is 8.18. The Morgan fingerprint density at radius 3 is 2.58 bits per heavy atom. The van der Waals surface area contributed by atoms with E-state index in [1.165, 1.54) is 0 Å². The first-order valence-electron chi connectivity index (χ1n) is 7.61. The van der Waals surface area contributed by atoms with Crippen LogP contribution in [0.1, 0.15) is 11.1 Å². The van der Waals surface area contributed by atoms with E-state index in [0.717, 1.165) is 16.7 Å². The largest absolute Gasteiger partial charge is 0.454 e. The third kappa shape index (κ3) is 3.16. The Morgan fingerprint density at radius 1 is 1.08 bits per heavy atom. The minimum Gasteiger partial charge on any atom is -0.454 e. The summed E-state index contributed by atoms with van der Waals surface area (Å²) in [5, 5.41) is 0.559. The second-order valence-corrected chi connectivity index (χ2v) is 7.39. The zero-order valence-corrected chi connectivity index (χ0v) is 15.5. The molecule has 2 aromatic carbocycles. The maximum absolute atomic E-state index is 12.7. The van der Waals surface area contributed by atoms with Crippen LogP contribution in [0.25, 0.3) is 6.08 Å². The van der Waals surface area contributed by atoms with Crippen LogP contribution < -0.4 is 9.47 Å². The van der Waals surface area contributed by atoms with Crippen LogP contribution in [0.15, 0.2) is 41.3 Å². The van der Waals surface area contributed by atoms with Crippen LogP contribution in [-0.2, 0) is 11.3 Å². The molecule has 0 N–H and O–H groups in total. The van der Waals surface area contributed by atoms with Gasteiger partial charge in [0.15, 0.2) is 11.5 Å². The van der Waals surface area contributed by atoms with Crippen molar-refractivity contribution < 1.29 is 19.1 Å². The number of thioether (sulfide) groups is 1. The first-order chi connectivity index (χ1) is 12.5. The molecule has 2 aliphatic heterocycles. The molecule has 4 rings (SSSR count). The van der Waals surface area contributed by atoms with E-state index in [9.17, 15) is 9.59 Å². The van der Waals surface area contributed by atoms with Crippen molar-refractivity contribution in [2.75, 3.05) is 6.79 Å². The van der Waals surface area contributed by atoms with Crippen molar-refractivity contribution in [2.24, 2.45) is 0 Å². The highest BCUT2D eigenvalue weighted by Gasteiger charge is 2.35. The highest BCUT2D eigenvalue weighted by Crippen LogP contribution is 2.39. The van der Waals surface area contributed by atoms with Gasteiger partial charge in [-0.05, 0) is 41.1 Å². The minimum atomic E-state index is -0.381. The zero-order valence-electron chi connectivity index (χ0n) is 13.2. The summed E-state index contributed by atoms with van der Waals surface area (Å²) >= 11 is 13.2. The van der Waals surface area contributed by atoms with Crippen LogP contribution in [0.5, 0.6) is 11.5 Å². The van der Waals surface area contributed by atoms with E-state index in [4.69, 9.17) is 32.7 Å². The Morgan fingerprint density at radius 2 is 1.81 bits per heavy atom. The van der Waals surface area contributed by atoms with E-state index in [1.807, 2.05) is 6.07 Å². The predicted molar refractivity (Wildman–Crippen MR) is 101 cm³/mol. The molecule has 0 aliphatic carbocycles. The van der Waals surface area contributed by atoms with Gasteiger partial charge in [-0.15, -0.1) is 0 Å². The van der Waals surface area contributed by atoms with Crippen molar-refractivity contribution in [2.45, 2.75) is 6.54 Å². The van der Waals surface area contributed by atoms with Crippen molar-refractivity contribution >= 4 is 52.2 Å². The van der Waals surface area contributed by atoms with Gasteiger partial charge in [-0.1, -0.05) is 41.4 Å². The van der Waals surface area contributed by atoms with Crippen LogP contribution in [-0.4, -0.2) is 22.8 Å². The molecule has 26 heavy (non-hydrogen) atoms. The Kier molecular flexibility index (Phi) is 4.56. The van der Waals surface area contributed by atoms with E-state index in [1.54, 1.807) is 36.4 Å². The number of imide groups is 1. The smallest absolute Gasteiger partial charge is 0.293 e. The fraction of sp³-hybridized carbons (Fsp3) is 0.111. The third-order valence-corrected chi connectivity index (χ3v) is 5.54. The maximum atomic E-state index is 12.7. The van der Waals surface area contributed by atoms with Gasteiger partial charge in [-0.25, -0.2) is 0 Å². The molecule has 0 aromatic heterocycles. The lowest BCUT2D eigenvalue weighted by Crippen LogP contribution is -2.27. The first kappa shape index (κ1) is 17.3. The van der Waals surface area contributed by atoms with Gasteiger partial charge in [0.1, 0.15) is 0 Å². The average Bonchev–Trinajstić information content (AvgIpc) is 3.16. The number of fused-ring (bicyclic) bond motifs is 1. The van der Waals surface area contributed by atoms with E-state index in [2.05, 4.69) is 0 Å². The standard InChI is InChI=1S/C18H11Cl2NO4S/c19-12-4-2-1-3-10(12)6-16-17(22)21(18(23)26-16)8-11-5-14-15(7-13(11)20)25-9-24-14/h1-7H,8-9H2/b16-6+. The molecule has 2 aliphatic rings. The van der Waals surface area contributed by atoms with Crippen molar-refractivity contribution in [3.63, 3.8) is 0 Å². The van der Waals surface area contributed by atoms with Crippen molar-refractivity contribution in [1.29, 1.82) is 0 Å². The Balaban J connectivity index is 1.60. The average molecular weight is 408 g/mol. The monoisotopic (exact) mass is 407 g/mol. The van der Waals surface area contributed by atoms with Crippen LogP contribution in [0.3, 0.4) is 0 Å². The summed E-state index contributed by atoms with van der Waals surface area (Å²) in [6, 6.07) is 10.4. The maximum Gasteiger partial charge on any atom is 0.293 e. The molecule has 2 aromatic rings. The summed E-state index contributed by atoms with van der Waals surface area (Å²) in [6.45, 7) is 0.178. The number of amides is 2. The number of benzene rings is 2. The Bertz CT molecular complexity index is 960. The van der Waals surface area contributed by atoms with E-state index in [-0.39, 0.29) is 24.5 Å². The van der Waals surface area contributed by atoms with Crippen LogP contribution in [0.2, 0.25) is 10.0 Å². The molecule has 1 saturated heterocycles. The quantitative estimate of drug-likeness (QED) is 0.672. The molecule has 8 heteroatoms. The van der Waals surface area contributed by atoms with Gasteiger partial charge in [0.05, 0.1) is 11.4 Å². The summed E-state index contributed by atoms with van der Waals surface area (Å²) in [4.78, 5) is 26.4. The second-order valence-electron chi connectivity index (χ2n) is 5.59. The van der Waals surface area contributed by atoms with Gasteiger partial charge in [-0.2, -0.15) is 0 Å². The van der Waals surface area contributed by atoms with Gasteiger partial charge in [0.25, 0.3) is 11.1 Å². The molecule has 1 fully saturated rings. The fourth-order valence-electron chi connectivity index (χ4n) is 2.62. The number of hydrogen-bond acceptors (Lipinski definition) is 5. The molecule has 0 spiro atoms. The van der Waals surface area contributed by atoms with E-state index >= 15 is 0 Å². The van der Waals surface area contributed by atoms with Gasteiger partial charge >= 0.3 is 0 Å². The van der Waals surface area contributed by atoms with E-state index < -0.39 is 0 Å². The topological polar surface area (TPSA) is 55.8 Å². The lowest BCUT2D eigenvalue weighted by atomic mass is 10.1. The lowest BCUT2D eigenvalue weighted by Gasteiger charge is -2.14. The normalized spacial score (nSPS) is 17.5. The van der Waals surface area contributed by atoms with Crippen molar-refractivity contribution in [3.8, 4) is 11.5 Å². The van der Waals surface area contributed by atoms with E-state index in [0.29, 0.717) is 37.6 Å². The van der Waals surface area contributed by atoms with Crippen LogP contribution in [0, 0.1) is 0 Å². The van der Waals surface area contributed by atoms with Gasteiger partial charge < -0.3 is 9.47 Å². The number of ether oxygens (including phenoxy) is 2. The third-order valence-electron chi connectivity index (χ3n) is 3.94. The lowest BCUT2D eigenvalue weighted by molar-refractivity contribution is -0.123. The molecule has 0 atom stereocenters. The second kappa shape index (κ2) is 6.87. The van der Waals surface area contributed by atoms with Crippen molar-refractivity contribution in [3.05, 3.63) is 62.5 Å². The molecule has 2 heterocycles. The van der Waals surface area contributed by atoms with Crippen molar-refractivity contribution in [1.82, 2.24) is 4.90 Å². The molecule has 132 valence electrons. The summed E-state index contributed by atoms with van der Waals surface area (Å²) in [5.41, 5.74) is 1.29. The minimum absolute atomic E-state index is 0.0556. The number of carbonyl (C=O) groups is 2. The molecule has 0 radical (unpaired) electrons. The molecular formula is C18H11Cl2NO4S. The molecule has 0 saturated carbocycles. The van der Waals surface area contributed by atoms with Crippen LogP contribution >= 0.6 is 35.0 Å². The molecule has 0 unspecified atom stereocenters. The number of halogens is 2. The fourth-order valence-corrected chi connectivity index (χ4v) is 3.85. The molecule has 2 amide bonds.